The summed E-state index contributed by atoms with van der Waals surface area (Å²) in [7, 11) is 0. The van der Waals surface area contributed by atoms with Gasteiger partial charge in [-0.1, -0.05) is 96.8 Å². The van der Waals surface area contributed by atoms with E-state index in [-0.39, 0.29) is 11.9 Å². The summed E-state index contributed by atoms with van der Waals surface area (Å²) < 4.78 is 0. The van der Waals surface area contributed by atoms with E-state index < -0.39 is 5.97 Å². The molecule has 0 amide bonds. The highest BCUT2D eigenvalue weighted by Gasteiger charge is 2.04. The van der Waals surface area contributed by atoms with E-state index in [1.165, 1.54) is 77.0 Å². The fraction of sp³-hybridized carbons (Fsp3) is 0.850. The number of guanidine groups is 2. The van der Waals surface area contributed by atoms with Crippen LogP contribution in [0.5, 0.6) is 0 Å². The largest absolute Gasteiger partial charge is 0.370 e. The van der Waals surface area contributed by atoms with Crippen molar-refractivity contribution in [1.29, 1.82) is 10.8 Å². The first-order valence-electron chi connectivity index (χ1n) is 10.7. The molecule has 158 valence electrons. The lowest BCUT2D eigenvalue weighted by molar-refractivity contribution is -0.148. The van der Waals surface area contributed by atoms with Crippen molar-refractivity contribution in [3.8, 4) is 0 Å². The molecule has 0 fully saturated rings. The van der Waals surface area contributed by atoms with Gasteiger partial charge in [0.25, 0.3) is 0 Å². The highest BCUT2D eigenvalue weighted by Crippen LogP contribution is 2.13. The maximum atomic E-state index is 11.5. The lowest BCUT2D eigenvalue weighted by Gasteiger charge is -2.08. The molecular formula is C20H41N5O2. The van der Waals surface area contributed by atoms with Crippen molar-refractivity contribution >= 4 is 17.9 Å². The molecule has 0 heterocycles. The molecule has 0 atom stereocenters. The van der Waals surface area contributed by atoms with Crippen molar-refractivity contribution in [3.63, 3.8) is 0 Å². The Labute approximate surface area is 165 Å². The molecule has 6 N–H and O–H groups in total. The zero-order chi connectivity index (χ0) is 20.2. The van der Waals surface area contributed by atoms with Gasteiger partial charge in [0.1, 0.15) is 0 Å². The van der Waals surface area contributed by atoms with Crippen molar-refractivity contribution in [2.75, 3.05) is 0 Å². The molecule has 0 aromatic carbocycles. The van der Waals surface area contributed by atoms with Crippen LogP contribution in [0.15, 0.2) is 0 Å². The van der Waals surface area contributed by atoms with Crippen LogP contribution in [0.1, 0.15) is 110 Å². The molecule has 27 heavy (non-hydrogen) atoms. The predicted molar refractivity (Wildman–Crippen MR) is 112 cm³/mol. The second-order valence-electron chi connectivity index (χ2n) is 7.19. The van der Waals surface area contributed by atoms with E-state index in [1.54, 1.807) is 0 Å². The topological polar surface area (TPSA) is 124 Å². The molecule has 0 aliphatic rings. The minimum absolute atomic E-state index is 0.327. The van der Waals surface area contributed by atoms with E-state index in [9.17, 15) is 4.79 Å². The van der Waals surface area contributed by atoms with Crippen LogP contribution in [0.4, 0.5) is 0 Å². The normalized spacial score (nSPS) is 10.4. The lowest BCUT2D eigenvalue weighted by Crippen LogP contribution is -2.43. The molecule has 0 bridgehead atoms. The van der Waals surface area contributed by atoms with Gasteiger partial charge < -0.3 is 10.6 Å². The van der Waals surface area contributed by atoms with Crippen LogP contribution in [0.25, 0.3) is 0 Å². The molecule has 0 rings (SSSR count). The fourth-order valence-corrected chi connectivity index (χ4v) is 2.96. The Bertz CT molecular complexity index is 402. The summed E-state index contributed by atoms with van der Waals surface area (Å²) in [5, 5.41) is 16.4. The van der Waals surface area contributed by atoms with E-state index in [2.05, 4.69) is 17.7 Å². The molecule has 0 spiro atoms. The van der Waals surface area contributed by atoms with Gasteiger partial charge in [-0.2, -0.15) is 5.48 Å². The highest BCUT2D eigenvalue weighted by atomic mass is 16.7. The smallest absolute Gasteiger partial charge is 0.332 e. The van der Waals surface area contributed by atoms with E-state index in [0.29, 0.717) is 6.42 Å². The number of carbonyl (C=O) groups is 1. The van der Waals surface area contributed by atoms with Gasteiger partial charge in [-0.3, -0.25) is 16.1 Å². The van der Waals surface area contributed by atoms with Gasteiger partial charge in [-0.15, -0.1) is 0 Å². The van der Waals surface area contributed by atoms with Crippen LogP contribution < -0.4 is 16.5 Å². The third kappa shape index (κ3) is 20.4. The van der Waals surface area contributed by atoms with E-state index in [1.807, 2.05) is 0 Å². The van der Waals surface area contributed by atoms with E-state index in [4.69, 9.17) is 21.4 Å². The monoisotopic (exact) mass is 383 g/mol. The molecule has 0 saturated carbocycles. The van der Waals surface area contributed by atoms with Gasteiger partial charge in [0.05, 0.1) is 0 Å². The molecular weight excluding hydrogens is 342 g/mol. The first-order chi connectivity index (χ1) is 13.1. The second-order valence-corrected chi connectivity index (χ2v) is 7.19. The maximum Gasteiger partial charge on any atom is 0.332 e. The van der Waals surface area contributed by atoms with E-state index in [0.717, 1.165) is 19.3 Å². The quantitative estimate of drug-likeness (QED) is 0.114. The number of rotatable bonds is 16. The van der Waals surface area contributed by atoms with Gasteiger partial charge in [0.15, 0.2) is 5.96 Å². The minimum atomic E-state index is -0.403. The number of hydrogen-bond acceptors (Lipinski definition) is 4. The van der Waals surface area contributed by atoms with Gasteiger partial charge in [0, 0.05) is 6.42 Å². The van der Waals surface area contributed by atoms with Crippen molar-refractivity contribution in [1.82, 2.24) is 10.8 Å². The molecule has 0 unspecified atom stereocenters. The van der Waals surface area contributed by atoms with Crippen LogP contribution >= 0.6 is 0 Å². The molecule has 0 radical (unpaired) electrons. The number of nitrogens with two attached hydrogens (primary N) is 1. The Morgan fingerprint density at radius 1 is 0.778 bits per heavy atom. The summed E-state index contributed by atoms with van der Waals surface area (Å²) in [6, 6.07) is 0. The third-order valence-electron chi connectivity index (χ3n) is 4.51. The zero-order valence-corrected chi connectivity index (χ0v) is 17.2. The van der Waals surface area contributed by atoms with Crippen LogP contribution in [-0.2, 0) is 9.63 Å². The summed E-state index contributed by atoms with van der Waals surface area (Å²) in [6.45, 7) is 2.26. The Kier molecular flexibility index (Phi) is 17.7. The summed E-state index contributed by atoms with van der Waals surface area (Å²) in [6.07, 6.45) is 19.6. The van der Waals surface area contributed by atoms with Crippen molar-refractivity contribution in [2.45, 2.75) is 110 Å². The van der Waals surface area contributed by atoms with Crippen molar-refractivity contribution < 1.29 is 9.63 Å². The number of carbonyl (C=O) groups excluding carboxylic acids is 1. The van der Waals surface area contributed by atoms with Crippen LogP contribution in [0.3, 0.4) is 0 Å². The summed E-state index contributed by atoms with van der Waals surface area (Å²) in [5.41, 5.74) is 7.17. The standard InChI is InChI=1S/C20H41N5O2/c1-2-3-4-5-6-7-8-9-10-11-12-13-14-15-16-17-18(26)27-25-20(23)24-19(21)22/h2-17H2,1H3,(H6,21,22,23,24,25). The maximum absolute atomic E-state index is 11.5. The number of hydrogen-bond donors (Lipinski definition) is 5. The molecule has 0 aromatic rings. The summed E-state index contributed by atoms with van der Waals surface area (Å²) in [4.78, 5) is 16.2. The third-order valence-corrected chi connectivity index (χ3v) is 4.51. The molecule has 0 aromatic heterocycles. The van der Waals surface area contributed by atoms with Crippen LogP contribution in [0.2, 0.25) is 0 Å². The highest BCUT2D eigenvalue weighted by molar-refractivity contribution is 5.94. The first kappa shape index (κ1) is 25.2. The van der Waals surface area contributed by atoms with Crippen LogP contribution in [0, 0.1) is 10.8 Å². The van der Waals surface area contributed by atoms with Gasteiger partial charge >= 0.3 is 5.97 Å². The number of unbranched alkanes of at least 4 members (excludes halogenated alkanes) is 14. The zero-order valence-electron chi connectivity index (χ0n) is 17.2. The molecule has 7 heteroatoms. The van der Waals surface area contributed by atoms with Crippen LogP contribution in [-0.4, -0.2) is 17.9 Å². The van der Waals surface area contributed by atoms with E-state index >= 15 is 0 Å². The molecule has 0 saturated heterocycles. The lowest BCUT2D eigenvalue weighted by atomic mass is 10.0. The second kappa shape index (κ2) is 19.0. The Morgan fingerprint density at radius 2 is 1.19 bits per heavy atom. The predicted octanol–water partition coefficient (Wildman–Crippen LogP) is 4.71. The van der Waals surface area contributed by atoms with Gasteiger partial charge in [-0.25, -0.2) is 4.79 Å². The first-order valence-corrected chi connectivity index (χ1v) is 10.7. The average Bonchev–Trinajstić information content (AvgIpc) is 2.62. The Balaban J connectivity index is 3.23. The van der Waals surface area contributed by atoms with Gasteiger partial charge in [-0.05, 0) is 6.42 Å². The van der Waals surface area contributed by atoms with Gasteiger partial charge in [0.2, 0.25) is 5.96 Å². The van der Waals surface area contributed by atoms with Crippen molar-refractivity contribution in [2.24, 2.45) is 5.73 Å². The van der Waals surface area contributed by atoms with Crippen molar-refractivity contribution in [3.05, 3.63) is 0 Å². The molecule has 7 nitrogen and oxygen atoms in total. The molecule has 0 aliphatic heterocycles. The SMILES string of the molecule is CCCCCCCCCCCCCCCCCC(=O)ONC(=N)NC(=N)N. The summed E-state index contributed by atoms with van der Waals surface area (Å²) >= 11 is 0. The average molecular weight is 384 g/mol. The number of hydroxylamine groups is 1. The number of nitrogens with one attached hydrogen (secondary N) is 4. The Morgan fingerprint density at radius 3 is 1.59 bits per heavy atom. The minimum Gasteiger partial charge on any atom is -0.370 e. The Hall–Kier alpha value is -1.79. The fourth-order valence-electron chi connectivity index (χ4n) is 2.96. The molecule has 0 aliphatic carbocycles. The summed E-state index contributed by atoms with van der Waals surface area (Å²) in [5.74, 6) is -1.11.